The number of benzene rings is 2. The van der Waals surface area contributed by atoms with Crippen molar-refractivity contribution in [3.8, 4) is 11.6 Å². The average molecular weight is 384 g/mol. The van der Waals surface area contributed by atoms with Crippen LogP contribution in [0.1, 0.15) is 12.0 Å². The van der Waals surface area contributed by atoms with Crippen LogP contribution in [0, 0.1) is 0 Å². The van der Waals surface area contributed by atoms with Gasteiger partial charge in [-0.1, -0.05) is 29.8 Å². The van der Waals surface area contributed by atoms with Gasteiger partial charge in [0.05, 0.1) is 5.52 Å². The lowest BCUT2D eigenvalue weighted by molar-refractivity contribution is 0.238. The van der Waals surface area contributed by atoms with E-state index in [1.165, 1.54) is 16.5 Å². The van der Waals surface area contributed by atoms with E-state index in [1.807, 2.05) is 24.3 Å². The second-order valence-electron chi connectivity index (χ2n) is 7.11. The molecule has 0 radical (unpaired) electrons. The van der Waals surface area contributed by atoms with E-state index >= 15 is 0 Å². The Balaban J connectivity index is 1.58. The summed E-state index contributed by atoms with van der Waals surface area (Å²) in [5.41, 5.74) is 2.50. The van der Waals surface area contributed by atoms with Crippen molar-refractivity contribution in [1.82, 2.24) is 14.8 Å². The number of hydrogen-bond acceptors (Lipinski definition) is 3. The largest absolute Gasteiger partial charge is 0.441 e. The molecular weight excluding hydrogens is 358 g/mol. The fourth-order valence-electron chi connectivity index (χ4n) is 3.85. The van der Waals surface area contributed by atoms with Gasteiger partial charge in [-0.15, -0.1) is 0 Å². The van der Waals surface area contributed by atoms with Crippen molar-refractivity contribution < 1.29 is 4.74 Å². The molecule has 1 fully saturated rings. The SMILES string of the molecule is Cn1c(Oc2ccc(Cl)cc2)c(CCCN2CCNCC2)c2ccccc21. The summed E-state index contributed by atoms with van der Waals surface area (Å²) in [4.78, 5) is 2.54. The third kappa shape index (κ3) is 4.13. The Kier molecular flexibility index (Phi) is 5.67. The molecule has 1 aromatic heterocycles. The van der Waals surface area contributed by atoms with Crippen LogP contribution in [0.3, 0.4) is 0 Å². The van der Waals surface area contributed by atoms with Crippen LogP contribution in [0.25, 0.3) is 10.9 Å². The van der Waals surface area contributed by atoms with Gasteiger partial charge >= 0.3 is 0 Å². The molecule has 0 aliphatic carbocycles. The average Bonchev–Trinajstić information content (AvgIpc) is 2.97. The van der Waals surface area contributed by atoms with Gasteiger partial charge < -0.3 is 19.5 Å². The Labute approximate surface area is 165 Å². The summed E-state index contributed by atoms with van der Waals surface area (Å²) < 4.78 is 8.46. The van der Waals surface area contributed by atoms with Crippen LogP contribution in [-0.2, 0) is 13.5 Å². The summed E-state index contributed by atoms with van der Waals surface area (Å²) in [6, 6.07) is 16.1. The van der Waals surface area contributed by atoms with Gasteiger partial charge in [0.15, 0.2) is 0 Å². The standard InChI is InChI=1S/C22H26ClN3O/c1-25-21-7-3-2-5-19(21)20(6-4-14-26-15-12-24-13-16-26)22(25)27-18-10-8-17(23)9-11-18/h2-3,5,7-11,24H,4,6,12-16H2,1H3. The molecule has 4 nitrogen and oxygen atoms in total. The van der Waals surface area contributed by atoms with Crippen LogP contribution in [-0.4, -0.2) is 42.2 Å². The number of piperazine rings is 1. The molecule has 2 heterocycles. The lowest BCUT2D eigenvalue weighted by atomic mass is 10.1. The normalized spacial score (nSPS) is 15.3. The summed E-state index contributed by atoms with van der Waals surface area (Å²) in [6.07, 6.45) is 2.14. The summed E-state index contributed by atoms with van der Waals surface area (Å²) in [6.45, 7) is 5.61. The number of ether oxygens (including phenoxy) is 1. The highest BCUT2D eigenvalue weighted by Gasteiger charge is 2.17. The lowest BCUT2D eigenvalue weighted by Gasteiger charge is -2.27. The second kappa shape index (κ2) is 8.34. The highest BCUT2D eigenvalue weighted by molar-refractivity contribution is 6.30. The fraction of sp³-hybridized carbons (Fsp3) is 0.364. The van der Waals surface area contributed by atoms with Crippen LogP contribution in [0.15, 0.2) is 48.5 Å². The Bertz CT molecular complexity index is 898. The molecule has 142 valence electrons. The van der Waals surface area contributed by atoms with Crippen LogP contribution < -0.4 is 10.1 Å². The summed E-state index contributed by atoms with van der Waals surface area (Å²) in [5, 5.41) is 5.42. The number of rotatable bonds is 6. The Morgan fingerprint density at radius 3 is 2.56 bits per heavy atom. The van der Waals surface area contributed by atoms with E-state index in [1.54, 1.807) is 0 Å². The summed E-state index contributed by atoms with van der Waals surface area (Å²) >= 11 is 6.01. The van der Waals surface area contributed by atoms with Gasteiger partial charge in [0.1, 0.15) is 5.75 Å². The fourth-order valence-corrected chi connectivity index (χ4v) is 3.97. The molecule has 0 spiro atoms. The van der Waals surface area contributed by atoms with E-state index in [0.29, 0.717) is 0 Å². The van der Waals surface area contributed by atoms with Crippen LogP contribution >= 0.6 is 11.6 Å². The van der Waals surface area contributed by atoms with E-state index in [9.17, 15) is 0 Å². The second-order valence-corrected chi connectivity index (χ2v) is 7.55. The highest BCUT2D eigenvalue weighted by atomic mass is 35.5. The molecule has 0 saturated carbocycles. The highest BCUT2D eigenvalue weighted by Crippen LogP contribution is 2.35. The molecule has 1 N–H and O–H groups in total. The Hall–Kier alpha value is -2.01. The molecule has 0 amide bonds. The van der Waals surface area contributed by atoms with Crippen molar-refractivity contribution >= 4 is 22.5 Å². The lowest BCUT2D eigenvalue weighted by Crippen LogP contribution is -2.43. The molecule has 1 saturated heterocycles. The van der Waals surface area contributed by atoms with Crippen LogP contribution in [0.2, 0.25) is 5.02 Å². The maximum atomic E-state index is 6.30. The van der Waals surface area contributed by atoms with Crippen LogP contribution in [0.5, 0.6) is 11.6 Å². The van der Waals surface area contributed by atoms with Crippen molar-refractivity contribution in [1.29, 1.82) is 0 Å². The van der Waals surface area contributed by atoms with Crippen LogP contribution in [0.4, 0.5) is 0 Å². The number of halogens is 1. The molecule has 0 bridgehead atoms. The van der Waals surface area contributed by atoms with Gasteiger partial charge in [0.2, 0.25) is 5.88 Å². The predicted octanol–water partition coefficient (Wildman–Crippen LogP) is 4.46. The number of para-hydroxylation sites is 1. The number of nitrogens with zero attached hydrogens (tertiary/aromatic N) is 2. The first-order valence-electron chi connectivity index (χ1n) is 9.65. The van der Waals surface area contributed by atoms with Gasteiger partial charge in [-0.2, -0.15) is 0 Å². The molecule has 1 aliphatic heterocycles. The van der Waals surface area contributed by atoms with Gasteiger partial charge in [-0.05, 0) is 49.7 Å². The maximum absolute atomic E-state index is 6.30. The minimum Gasteiger partial charge on any atom is -0.441 e. The Morgan fingerprint density at radius 2 is 1.78 bits per heavy atom. The van der Waals surface area contributed by atoms with Crippen molar-refractivity contribution in [2.24, 2.45) is 7.05 Å². The van der Waals surface area contributed by atoms with Crippen molar-refractivity contribution in [3.63, 3.8) is 0 Å². The Morgan fingerprint density at radius 1 is 1.04 bits per heavy atom. The molecule has 0 unspecified atom stereocenters. The number of fused-ring (bicyclic) bond motifs is 1. The molecular formula is C22H26ClN3O. The molecule has 0 atom stereocenters. The molecule has 27 heavy (non-hydrogen) atoms. The summed E-state index contributed by atoms with van der Waals surface area (Å²) in [5.74, 6) is 1.74. The van der Waals surface area contributed by atoms with Gasteiger partial charge in [-0.25, -0.2) is 0 Å². The van der Waals surface area contributed by atoms with Crippen molar-refractivity contribution in [3.05, 3.63) is 59.1 Å². The monoisotopic (exact) mass is 383 g/mol. The zero-order chi connectivity index (χ0) is 18.6. The number of hydrogen-bond donors (Lipinski definition) is 1. The third-order valence-electron chi connectivity index (χ3n) is 5.29. The molecule has 3 aromatic rings. The van der Waals surface area contributed by atoms with Gasteiger partial charge in [0.25, 0.3) is 0 Å². The summed E-state index contributed by atoms with van der Waals surface area (Å²) in [7, 11) is 2.08. The van der Waals surface area contributed by atoms with E-state index < -0.39 is 0 Å². The molecule has 2 aromatic carbocycles. The van der Waals surface area contributed by atoms with E-state index in [4.69, 9.17) is 16.3 Å². The van der Waals surface area contributed by atoms with E-state index in [2.05, 4.69) is 46.1 Å². The van der Waals surface area contributed by atoms with E-state index in [0.717, 1.165) is 62.2 Å². The number of nitrogens with one attached hydrogen (secondary N) is 1. The first-order valence-corrected chi connectivity index (χ1v) is 10.0. The zero-order valence-electron chi connectivity index (χ0n) is 15.7. The smallest absolute Gasteiger partial charge is 0.204 e. The zero-order valence-corrected chi connectivity index (χ0v) is 16.5. The maximum Gasteiger partial charge on any atom is 0.204 e. The van der Waals surface area contributed by atoms with Crippen molar-refractivity contribution in [2.75, 3.05) is 32.7 Å². The molecule has 1 aliphatic rings. The first-order chi connectivity index (χ1) is 13.2. The molecule has 5 heteroatoms. The third-order valence-corrected chi connectivity index (χ3v) is 5.54. The number of aryl methyl sites for hydroxylation is 2. The minimum atomic E-state index is 0.718. The van der Waals surface area contributed by atoms with Gasteiger partial charge in [0, 0.05) is 49.2 Å². The minimum absolute atomic E-state index is 0.718. The van der Waals surface area contributed by atoms with Gasteiger partial charge in [-0.3, -0.25) is 0 Å². The topological polar surface area (TPSA) is 29.4 Å². The quantitative estimate of drug-likeness (QED) is 0.681. The predicted molar refractivity (Wildman–Crippen MR) is 112 cm³/mol. The van der Waals surface area contributed by atoms with Crippen molar-refractivity contribution in [2.45, 2.75) is 12.8 Å². The first kappa shape index (κ1) is 18.4. The van der Waals surface area contributed by atoms with E-state index in [-0.39, 0.29) is 0 Å². The molecule has 4 rings (SSSR count). The number of aromatic nitrogens is 1.